The molecule has 4 heteroatoms. The van der Waals surface area contributed by atoms with Crippen molar-refractivity contribution in [3.8, 4) is 0 Å². The molecule has 1 fully saturated rings. The fourth-order valence-corrected chi connectivity index (χ4v) is 2.84. The molecule has 1 aliphatic heterocycles. The van der Waals surface area contributed by atoms with E-state index in [1.54, 1.807) is 0 Å². The molecule has 1 atom stereocenters. The molecule has 98 valence electrons. The molecule has 18 heavy (non-hydrogen) atoms. The van der Waals surface area contributed by atoms with Gasteiger partial charge in [-0.15, -0.1) is 0 Å². The molecule has 1 heterocycles. The summed E-state index contributed by atoms with van der Waals surface area (Å²) < 4.78 is 1.09. The summed E-state index contributed by atoms with van der Waals surface area (Å²) in [5.74, 6) is 0.757. The standard InChI is InChI=1S/C14H19IN2O/c15-13-5-1-4-12(9-13)14(18)17-8-6-11-3-2-7-16-10-11/h1,4-5,9,11,16H,2-3,6-8,10H2,(H,17,18). The zero-order valence-corrected chi connectivity index (χ0v) is 12.6. The van der Waals surface area contributed by atoms with Crippen molar-refractivity contribution in [1.82, 2.24) is 10.6 Å². The smallest absolute Gasteiger partial charge is 0.251 e. The van der Waals surface area contributed by atoms with Crippen LogP contribution in [-0.4, -0.2) is 25.5 Å². The predicted octanol–water partition coefficient (Wildman–Crippen LogP) is 2.41. The minimum absolute atomic E-state index is 0.0392. The molecular formula is C14H19IN2O. The fraction of sp³-hybridized carbons (Fsp3) is 0.500. The van der Waals surface area contributed by atoms with Crippen LogP contribution in [-0.2, 0) is 0 Å². The fourth-order valence-electron chi connectivity index (χ4n) is 2.29. The molecule has 1 unspecified atom stereocenters. The first-order valence-corrected chi connectivity index (χ1v) is 7.58. The number of nitrogens with one attached hydrogen (secondary N) is 2. The van der Waals surface area contributed by atoms with E-state index in [9.17, 15) is 4.79 Å². The minimum atomic E-state index is 0.0392. The highest BCUT2D eigenvalue weighted by Crippen LogP contribution is 2.13. The van der Waals surface area contributed by atoms with Crippen LogP contribution in [0.4, 0.5) is 0 Å². The molecule has 0 bridgehead atoms. The second-order valence-electron chi connectivity index (χ2n) is 4.77. The van der Waals surface area contributed by atoms with Gasteiger partial charge in [-0.05, 0) is 79.1 Å². The van der Waals surface area contributed by atoms with Gasteiger partial charge in [0.1, 0.15) is 0 Å². The van der Waals surface area contributed by atoms with E-state index in [1.165, 1.54) is 12.8 Å². The summed E-state index contributed by atoms with van der Waals surface area (Å²) in [4.78, 5) is 11.9. The number of carbonyl (C=O) groups excluding carboxylic acids is 1. The third kappa shape index (κ3) is 4.24. The zero-order chi connectivity index (χ0) is 12.8. The Bertz CT molecular complexity index is 403. The van der Waals surface area contributed by atoms with Gasteiger partial charge < -0.3 is 10.6 Å². The quantitative estimate of drug-likeness (QED) is 0.812. The number of hydrogen-bond acceptors (Lipinski definition) is 2. The van der Waals surface area contributed by atoms with Crippen LogP contribution in [0.1, 0.15) is 29.6 Å². The molecular weight excluding hydrogens is 339 g/mol. The van der Waals surface area contributed by atoms with E-state index < -0.39 is 0 Å². The second-order valence-corrected chi connectivity index (χ2v) is 6.01. The number of carbonyl (C=O) groups is 1. The normalized spacial score (nSPS) is 19.5. The summed E-state index contributed by atoms with van der Waals surface area (Å²) in [5.41, 5.74) is 0.753. The number of rotatable bonds is 4. The largest absolute Gasteiger partial charge is 0.352 e. The number of hydrogen-bond donors (Lipinski definition) is 2. The van der Waals surface area contributed by atoms with Crippen LogP contribution in [0, 0.1) is 9.49 Å². The lowest BCUT2D eigenvalue weighted by molar-refractivity contribution is 0.0950. The van der Waals surface area contributed by atoms with Gasteiger partial charge >= 0.3 is 0 Å². The SMILES string of the molecule is O=C(NCCC1CCCNC1)c1cccc(I)c1. The zero-order valence-electron chi connectivity index (χ0n) is 10.4. The van der Waals surface area contributed by atoms with Gasteiger partial charge in [0.15, 0.2) is 0 Å². The maximum absolute atomic E-state index is 11.9. The third-order valence-electron chi connectivity index (χ3n) is 3.32. The monoisotopic (exact) mass is 358 g/mol. The maximum Gasteiger partial charge on any atom is 0.251 e. The molecule has 2 N–H and O–H groups in total. The molecule has 0 aliphatic carbocycles. The van der Waals surface area contributed by atoms with Gasteiger partial charge in [0.2, 0.25) is 0 Å². The Hall–Kier alpha value is -0.620. The van der Waals surface area contributed by atoms with Crippen LogP contribution < -0.4 is 10.6 Å². The lowest BCUT2D eigenvalue weighted by Crippen LogP contribution is -2.33. The van der Waals surface area contributed by atoms with Gasteiger partial charge in [0, 0.05) is 15.7 Å². The Morgan fingerprint density at radius 2 is 2.39 bits per heavy atom. The van der Waals surface area contributed by atoms with Crippen LogP contribution in [0.2, 0.25) is 0 Å². The van der Waals surface area contributed by atoms with Crippen LogP contribution in [0.15, 0.2) is 24.3 Å². The third-order valence-corrected chi connectivity index (χ3v) is 3.99. The van der Waals surface area contributed by atoms with Gasteiger partial charge in [0.25, 0.3) is 5.91 Å². The van der Waals surface area contributed by atoms with Crippen molar-refractivity contribution in [2.45, 2.75) is 19.3 Å². The maximum atomic E-state index is 11.9. The summed E-state index contributed by atoms with van der Waals surface area (Å²) in [6, 6.07) is 7.69. The Morgan fingerprint density at radius 1 is 1.50 bits per heavy atom. The molecule has 3 nitrogen and oxygen atoms in total. The Labute approximate surface area is 122 Å². The number of amides is 1. The molecule has 0 radical (unpaired) electrons. The number of halogens is 1. The van der Waals surface area contributed by atoms with Gasteiger partial charge in [-0.1, -0.05) is 6.07 Å². The number of piperidine rings is 1. The van der Waals surface area contributed by atoms with E-state index in [0.717, 1.165) is 41.1 Å². The van der Waals surface area contributed by atoms with Crippen molar-refractivity contribution in [3.63, 3.8) is 0 Å². The average molecular weight is 358 g/mol. The molecule has 1 amide bonds. The summed E-state index contributed by atoms with van der Waals surface area (Å²) in [6.45, 7) is 3.01. The predicted molar refractivity (Wildman–Crippen MR) is 81.7 cm³/mol. The molecule has 1 aliphatic rings. The molecule has 1 aromatic carbocycles. The van der Waals surface area contributed by atoms with E-state index in [0.29, 0.717) is 0 Å². The van der Waals surface area contributed by atoms with Crippen LogP contribution in [0.3, 0.4) is 0 Å². The second kappa shape index (κ2) is 7.09. The minimum Gasteiger partial charge on any atom is -0.352 e. The van der Waals surface area contributed by atoms with Crippen LogP contribution in [0.5, 0.6) is 0 Å². The molecule has 0 spiro atoms. The van der Waals surface area contributed by atoms with Crippen molar-refractivity contribution >= 4 is 28.5 Å². The first-order valence-electron chi connectivity index (χ1n) is 6.50. The summed E-state index contributed by atoms with van der Waals surface area (Å²) >= 11 is 2.22. The summed E-state index contributed by atoms with van der Waals surface area (Å²) in [6.07, 6.45) is 3.62. The van der Waals surface area contributed by atoms with Gasteiger partial charge in [0.05, 0.1) is 0 Å². The summed E-state index contributed by atoms with van der Waals surface area (Å²) in [7, 11) is 0. The number of benzene rings is 1. The molecule has 0 aromatic heterocycles. The Kier molecular flexibility index (Phi) is 5.44. The van der Waals surface area contributed by atoms with Crippen LogP contribution >= 0.6 is 22.6 Å². The van der Waals surface area contributed by atoms with E-state index in [1.807, 2.05) is 24.3 Å². The van der Waals surface area contributed by atoms with Gasteiger partial charge in [-0.2, -0.15) is 0 Å². The van der Waals surface area contributed by atoms with Gasteiger partial charge in [-0.3, -0.25) is 4.79 Å². The molecule has 0 saturated carbocycles. The van der Waals surface area contributed by atoms with E-state index >= 15 is 0 Å². The van der Waals surface area contributed by atoms with Crippen molar-refractivity contribution < 1.29 is 4.79 Å². The highest BCUT2D eigenvalue weighted by atomic mass is 127. The molecule has 1 aromatic rings. The van der Waals surface area contributed by atoms with Crippen LogP contribution in [0.25, 0.3) is 0 Å². The molecule has 2 rings (SSSR count). The Balaban J connectivity index is 1.74. The van der Waals surface area contributed by atoms with E-state index in [2.05, 4.69) is 33.2 Å². The summed E-state index contributed by atoms with van der Waals surface area (Å²) in [5, 5.41) is 6.40. The topological polar surface area (TPSA) is 41.1 Å². The molecule has 1 saturated heterocycles. The van der Waals surface area contributed by atoms with Gasteiger partial charge in [-0.25, -0.2) is 0 Å². The van der Waals surface area contributed by atoms with Crippen molar-refractivity contribution in [2.75, 3.05) is 19.6 Å². The first-order chi connectivity index (χ1) is 8.75. The van der Waals surface area contributed by atoms with E-state index in [4.69, 9.17) is 0 Å². The average Bonchev–Trinajstić information content (AvgIpc) is 2.40. The highest BCUT2D eigenvalue weighted by molar-refractivity contribution is 14.1. The lowest BCUT2D eigenvalue weighted by Gasteiger charge is -2.22. The lowest BCUT2D eigenvalue weighted by atomic mass is 9.96. The van der Waals surface area contributed by atoms with Crippen molar-refractivity contribution in [2.24, 2.45) is 5.92 Å². The first kappa shape index (κ1) is 13.8. The Morgan fingerprint density at radius 3 is 3.11 bits per heavy atom. The van der Waals surface area contributed by atoms with Crippen molar-refractivity contribution in [1.29, 1.82) is 0 Å². The van der Waals surface area contributed by atoms with Crippen molar-refractivity contribution in [3.05, 3.63) is 33.4 Å². The highest BCUT2D eigenvalue weighted by Gasteiger charge is 2.13. The van der Waals surface area contributed by atoms with E-state index in [-0.39, 0.29) is 5.91 Å².